The van der Waals surface area contributed by atoms with E-state index in [0.717, 1.165) is 24.8 Å². The molecule has 0 radical (unpaired) electrons. The zero-order valence-electron chi connectivity index (χ0n) is 6.83. The topological polar surface area (TPSA) is 34.1 Å². The van der Waals surface area contributed by atoms with Gasteiger partial charge in [0.2, 0.25) is 0 Å². The Kier molecular flexibility index (Phi) is 3.77. The number of halogens is 1. The second-order valence-electron chi connectivity index (χ2n) is 3.29. The van der Waals surface area contributed by atoms with Gasteiger partial charge in [0.15, 0.2) is 0 Å². The number of thiol groups is 1. The largest absolute Gasteiger partial charge is 0.232 e. The summed E-state index contributed by atoms with van der Waals surface area (Å²) >= 11 is 3.50. The minimum atomic E-state index is -2.21. The van der Waals surface area contributed by atoms with Gasteiger partial charge < -0.3 is 0 Å². The molecule has 0 aromatic heterocycles. The monoisotopic (exact) mass is 252 g/mol. The summed E-state index contributed by atoms with van der Waals surface area (Å²) in [7, 11) is -2.21. The van der Waals surface area contributed by atoms with Crippen LogP contribution in [-0.4, -0.2) is 19.0 Å². The zero-order valence-corrected chi connectivity index (χ0v) is 9.31. The first-order valence-corrected chi connectivity index (χ1v) is 6.31. The molecule has 4 heteroatoms. The summed E-state index contributed by atoms with van der Waals surface area (Å²) in [5.74, 6) is 0.640. The molecule has 1 aliphatic rings. The molecule has 0 aromatic rings. The molecule has 0 bridgehead atoms. The quantitative estimate of drug-likeness (QED) is 0.462. The number of hydrogen-bond acceptors (Lipinski definition) is 2. The highest BCUT2D eigenvalue weighted by atomic mass is 79.9. The van der Waals surface area contributed by atoms with Crippen molar-refractivity contribution in [2.45, 2.75) is 24.1 Å². The molecule has 0 N–H and O–H groups in total. The Balaban J connectivity index is 2.45. The van der Waals surface area contributed by atoms with Crippen LogP contribution >= 0.6 is 15.9 Å². The fourth-order valence-electron chi connectivity index (χ4n) is 1.55. The van der Waals surface area contributed by atoms with Gasteiger partial charge in [-0.2, -0.15) is 0 Å². The third-order valence-electron chi connectivity index (χ3n) is 2.23. The summed E-state index contributed by atoms with van der Waals surface area (Å²) in [6.07, 6.45) is 2.88. The lowest BCUT2D eigenvalue weighted by molar-refractivity contribution is 0.461. The van der Waals surface area contributed by atoms with Gasteiger partial charge in [0.05, 0.1) is 5.75 Å². The van der Waals surface area contributed by atoms with Crippen LogP contribution in [0.5, 0.6) is 0 Å². The number of allylic oxidation sites excluding steroid dienone is 1. The van der Waals surface area contributed by atoms with E-state index in [9.17, 15) is 8.42 Å². The van der Waals surface area contributed by atoms with Crippen LogP contribution in [0.25, 0.3) is 0 Å². The van der Waals surface area contributed by atoms with Crippen molar-refractivity contribution in [2.24, 2.45) is 5.92 Å². The van der Waals surface area contributed by atoms with Crippen molar-refractivity contribution < 1.29 is 8.42 Å². The minimum Gasteiger partial charge on any atom is -0.232 e. The van der Waals surface area contributed by atoms with Crippen molar-refractivity contribution in [2.75, 3.05) is 5.75 Å². The highest BCUT2D eigenvalue weighted by molar-refractivity contribution is 9.09. The SMILES string of the molecule is C=C1CC(C[SH](=O)=O)CCC1Br. The molecular formula is C8H13BrO2S. The summed E-state index contributed by atoms with van der Waals surface area (Å²) in [5, 5.41) is 0. The predicted molar refractivity (Wildman–Crippen MR) is 54.4 cm³/mol. The van der Waals surface area contributed by atoms with Crippen molar-refractivity contribution in [3.8, 4) is 0 Å². The molecule has 1 fully saturated rings. The second-order valence-corrected chi connectivity index (χ2v) is 5.42. The molecule has 0 aliphatic heterocycles. The third-order valence-corrected chi connectivity index (χ3v) is 4.15. The van der Waals surface area contributed by atoms with Crippen LogP contribution in [0.15, 0.2) is 12.2 Å². The fraction of sp³-hybridized carbons (Fsp3) is 0.750. The minimum absolute atomic E-state index is 0.312. The zero-order chi connectivity index (χ0) is 9.14. The van der Waals surface area contributed by atoms with E-state index in [2.05, 4.69) is 22.5 Å². The van der Waals surface area contributed by atoms with E-state index in [1.807, 2.05) is 0 Å². The highest BCUT2D eigenvalue weighted by Crippen LogP contribution is 2.32. The van der Waals surface area contributed by atoms with Crippen LogP contribution in [0.2, 0.25) is 0 Å². The first kappa shape index (κ1) is 10.3. The number of rotatable bonds is 2. The first-order valence-electron chi connectivity index (χ1n) is 4.03. The van der Waals surface area contributed by atoms with Gasteiger partial charge in [0.25, 0.3) is 0 Å². The van der Waals surface area contributed by atoms with Crippen LogP contribution in [0.4, 0.5) is 0 Å². The van der Waals surface area contributed by atoms with Gasteiger partial charge in [-0.15, -0.1) is 0 Å². The maximum Gasteiger partial charge on any atom is 0.140 e. The Morgan fingerprint density at radius 3 is 2.67 bits per heavy atom. The molecule has 0 heterocycles. The van der Waals surface area contributed by atoms with E-state index in [0.29, 0.717) is 16.5 Å². The smallest absolute Gasteiger partial charge is 0.140 e. The Bertz CT molecular complexity index is 239. The lowest BCUT2D eigenvalue weighted by Gasteiger charge is -2.25. The number of hydrogen-bond donors (Lipinski definition) is 1. The Hall–Kier alpha value is 0.170. The maximum absolute atomic E-state index is 10.5. The number of alkyl halides is 1. The van der Waals surface area contributed by atoms with Gasteiger partial charge in [0, 0.05) is 4.83 Å². The molecule has 2 nitrogen and oxygen atoms in total. The standard InChI is InChI=1S/C8H13BrO2S/c1-6-4-7(5-12(10)11)2-3-8(6)9/h7-8,12H,1-5H2. The Morgan fingerprint density at radius 1 is 1.50 bits per heavy atom. The molecular weight excluding hydrogens is 240 g/mol. The van der Waals surface area contributed by atoms with Crippen molar-refractivity contribution in [3.05, 3.63) is 12.2 Å². The van der Waals surface area contributed by atoms with Crippen LogP contribution in [0.1, 0.15) is 19.3 Å². The molecule has 2 atom stereocenters. The van der Waals surface area contributed by atoms with E-state index in [1.165, 1.54) is 0 Å². The van der Waals surface area contributed by atoms with Gasteiger partial charge in [-0.1, -0.05) is 28.1 Å². The predicted octanol–water partition coefficient (Wildman–Crippen LogP) is 1.72. The summed E-state index contributed by atoms with van der Waals surface area (Å²) in [6.45, 7) is 3.91. The van der Waals surface area contributed by atoms with Gasteiger partial charge >= 0.3 is 0 Å². The van der Waals surface area contributed by atoms with Gasteiger partial charge in [-0.05, 0) is 25.2 Å². The molecule has 1 aliphatic carbocycles. The van der Waals surface area contributed by atoms with Crippen LogP contribution in [0, 0.1) is 5.92 Å². The Labute approximate surface area is 83.1 Å². The molecule has 0 spiro atoms. The molecule has 12 heavy (non-hydrogen) atoms. The van der Waals surface area contributed by atoms with E-state index in [-0.39, 0.29) is 0 Å². The van der Waals surface area contributed by atoms with E-state index >= 15 is 0 Å². The molecule has 0 amide bonds. The molecule has 0 saturated heterocycles. The molecule has 1 rings (SSSR count). The van der Waals surface area contributed by atoms with Crippen LogP contribution < -0.4 is 0 Å². The lowest BCUT2D eigenvalue weighted by Crippen LogP contribution is -2.19. The molecule has 2 unspecified atom stereocenters. The molecule has 70 valence electrons. The van der Waals surface area contributed by atoms with Crippen LogP contribution in [0.3, 0.4) is 0 Å². The van der Waals surface area contributed by atoms with E-state index < -0.39 is 10.7 Å². The van der Waals surface area contributed by atoms with Crippen molar-refractivity contribution in [1.82, 2.24) is 0 Å². The van der Waals surface area contributed by atoms with Gasteiger partial charge in [-0.25, -0.2) is 8.42 Å². The summed E-state index contributed by atoms with van der Waals surface area (Å²) in [5.41, 5.74) is 1.14. The van der Waals surface area contributed by atoms with Crippen molar-refractivity contribution in [1.29, 1.82) is 0 Å². The molecule has 1 saturated carbocycles. The Morgan fingerprint density at radius 2 is 2.17 bits per heavy atom. The average Bonchev–Trinajstić information content (AvgIpc) is 1.96. The second kappa shape index (κ2) is 4.42. The normalized spacial score (nSPS) is 31.0. The summed E-state index contributed by atoms with van der Waals surface area (Å²) < 4.78 is 20.9. The first-order chi connectivity index (χ1) is 5.59. The van der Waals surface area contributed by atoms with E-state index in [4.69, 9.17) is 0 Å². The molecule has 0 aromatic carbocycles. The maximum atomic E-state index is 10.5. The third kappa shape index (κ3) is 2.90. The highest BCUT2D eigenvalue weighted by Gasteiger charge is 2.22. The lowest BCUT2D eigenvalue weighted by atomic mass is 9.87. The van der Waals surface area contributed by atoms with Crippen molar-refractivity contribution in [3.63, 3.8) is 0 Å². The van der Waals surface area contributed by atoms with E-state index in [1.54, 1.807) is 0 Å². The van der Waals surface area contributed by atoms with Crippen molar-refractivity contribution >= 4 is 26.6 Å². The van der Waals surface area contributed by atoms with Gasteiger partial charge in [-0.3, -0.25) is 0 Å². The van der Waals surface area contributed by atoms with Crippen LogP contribution in [-0.2, 0) is 10.7 Å². The van der Waals surface area contributed by atoms with Gasteiger partial charge in [0.1, 0.15) is 10.7 Å². The summed E-state index contributed by atoms with van der Waals surface area (Å²) in [6, 6.07) is 0. The summed E-state index contributed by atoms with van der Waals surface area (Å²) in [4.78, 5) is 0.401. The fourth-order valence-corrected chi connectivity index (χ4v) is 2.74. The average molecular weight is 253 g/mol.